The van der Waals surface area contributed by atoms with Gasteiger partial charge in [0, 0.05) is 19.3 Å². The standard InChI is InChI=1S/C18H18N4O3/c1-11(2)15-14(9-19-10-21-15)16(23)20-7-8-22-17(24)12-5-3-4-6-13(12)18(22)25/h3-6,9-11H,7-8H2,1-2H3,(H,20,23). The van der Waals surface area contributed by atoms with Crippen LogP contribution in [0.15, 0.2) is 36.8 Å². The first kappa shape index (κ1) is 16.8. The predicted molar refractivity (Wildman–Crippen MR) is 90.3 cm³/mol. The third-order valence-electron chi connectivity index (χ3n) is 4.03. The zero-order chi connectivity index (χ0) is 18.0. The molecule has 0 spiro atoms. The number of carbonyl (C=O) groups is 3. The lowest BCUT2D eigenvalue weighted by Crippen LogP contribution is -2.38. The Balaban J connectivity index is 1.64. The van der Waals surface area contributed by atoms with Crippen LogP contribution in [0.4, 0.5) is 0 Å². The van der Waals surface area contributed by atoms with Crippen molar-refractivity contribution < 1.29 is 14.4 Å². The van der Waals surface area contributed by atoms with Crippen LogP contribution in [0.25, 0.3) is 0 Å². The monoisotopic (exact) mass is 338 g/mol. The average molecular weight is 338 g/mol. The van der Waals surface area contributed by atoms with E-state index in [1.54, 1.807) is 24.3 Å². The molecular formula is C18H18N4O3. The van der Waals surface area contributed by atoms with Gasteiger partial charge in [-0.2, -0.15) is 0 Å². The second kappa shape index (κ2) is 6.80. The fourth-order valence-corrected chi connectivity index (χ4v) is 2.79. The summed E-state index contributed by atoms with van der Waals surface area (Å²) >= 11 is 0. The molecule has 1 aromatic heterocycles. The van der Waals surface area contributed by atoms with E-state index in [0.29, 0.717) is 22.4 Å². The van der Waals surface area contributed by atoms with Crippen LogP contribution in [-0.2, 0) is 0 Å². The van der Waals surface area contributed by atoms with Gasteiger partial charge in [-0.1, -0.05) is 26.0 Å². The number of nitrogens with one attached hydrogen (secondary N) is 1. The molecule has 1 aliphatic heterocycles. The van der Waals surface area contributed by atoms with Crippen molar-refractivity contribution in [2.24, 2.45) is 0 Å². The summed E-state index contributed by atoms with van der Waals surface area (Å²) in [4.78, 5) is 46.1. The molecule has 3 amide bonds. The number of imide groups is 1. The van der Waals surface area contributed by atoms with Crippen molar-refractivity contribution in [3.05, 3.63) is 59.2 Å². The number of hydrogen-bond acceptors (Lipinski definition) is 5. The number of aromatic nitrogens is 2. The van der Waals surface area contributed by atoms with E-state index in [9.17, 15) is 14.4 Å². The Hall–Kier alpha value is -3.09. The highest BCUT2D eigenvalue weighted by atomic mass is 16.2. The molecule has 0 unspecified atom stereocenters. The van der Waals surface area contributed by atoms with E-state index < -0.39 is 0 Å². The number of fused-ring (bicyclic) bond motifs is 1. The summed E-state index contributed by atoms with van der Waals surface area (Å²) in [6, 6.07) is 6.70. The molecule has 7 nitrogen and oxygen atoms in total. The predicted octanol–water partition coefficient (Wildman–Crippen LogP) is 1.63. The molecule has 1 aromatic carbocycles. The molecule has 0 radical (unpaired) electrons. The Labute approximate surface area is 145 Å². The van der Waals surface area contributed by atoms with Gasteiger partial charge in [-0.3, -0.25) is 19.3 Å². The van der Waals surface area contributed by atoms with Crippen LogP contribution in [0.2, 0.25) is 0 Å². The van der Waals surface area contributed by atoms with Crippen LogP contribution in [0.3, 0.4) is 0 Å². The van der Waals surface area contributed by atoms with Crippen molar-refractivity contribution in [1.82, 2.24) is 20.2 Å². The molecule has 7 heteroatoms. The minimum Gasteiger partial charge on any atom is -0.350 e. The van der Waals surface area contributed by atoms with Gasteiger partial charge < -0.3 is 5.32 Å². The minimum atomic E-state index is -0.333. The highest BCUT2D eigenvalue weighted by Gasteiger charge is 2.34. The molecule has 128 valence electrons. The summed E-state index contributed by atoms with van der Waals surface area (Å²) < 4.78 is 0. The van der Waals surface area contributed by atoms with Crippen LogP contribution in [0.1, 0.15) is 56.5 Å². The minimum absolute atomic E-state index is 0.0833. The van der Waals surface area contributed by atoms with Gasteiger partial charge in [0.15, 0.2) is 0 Å². The van der Waals surface area contributed by atoms with E-state index in [1.165, 1.54) is 12.5 Å². The molecule has 0 atom stereocenters. The molecule has 0 saturated heterocycles. The second-order valence-corrected chi connectivity index (χ2v) is 6.04. The van der Waals surface area contributed by atoms with Gasteiger partial charge in [0.05, 0.1) is 22.4 Å². The normalized spacial score (nSPS) is 13.3. The molecule has 3 rings (SSSR count). The Morgan fingerprint density at radius 2 is 1.80 bits per heavy atom. The lowest BCUT2D eigenvalue weighted by molar-refractivity contribution is 0.0650. The van der Waals surface area contributed by atoms with Crippen molar-refractivity contribution in [3.8, 4) is 0 Å². The van der Waals surface area contributed by atoms with Crippen LogP contribution < -0.4 is 5.32 Å². The zero-order valence-electron chi connectivity index (χ0n) is 14.0. The number of amides is 3. The van der Waals surface area contributed by atoms with Crippen molar-refractivity contribution >= 4 is 17.7 Å². The molecule has 0 saturated carbocycles. The van der Waals surface area contributed by atoms with E-state index >= 15 is 0 Å². The number of nitrogens with zero attached hydrogens (tertiary/aromatic N) is 3. The number of carbonyl (C=O) groups excluding carboxylic acids is 3. The van der Waals surface area contributed by atoms with Gasteiger partial charge in [0.25, 0.3) is 17.7 Å². The maximum atomic E-state index is 12.3. The first-order valence-corrected chi connectivity index (χ1v) is 8.04. The Morgan fingerprint density at radius 3 is 2.40 bits per heavy atom. The Kier molecular flexibility index (Phi) is 4.56. The molecule has 0 aliphatic carbocycles. The first-order chi connectivity index (χ1) is 12.0. The van der Waals surface area contributed by atoms with E-state index in [4.69, 9.17) is 0 Å². The van der Waals surface area contributed by atoms with Crippen molar-refractivity contribution in [2.75, 3.05) is 13.1 Å². The highest BCUT2D eigenvalue weighted by molar-refractivity contribution is 6.21. The van der Waals surface area contributed by atoms with Gasteiger partial charge in [-0.05, 0) is 18.1 Å². The summed E-state index contributed by atoms with van der Waals surface area (Å²) in [7, 11) is 0. The molecular weight excluding hydrogens is 320 g/mol. The molecule has 0 bridgehead atoms. The summed E-state index contributed by atoms with van der Waals surface area (Å²) in [5.41, 5.74) is 1.86. The number of rotatable bonds is 5. The van der Waals surface area contributed by atoms with Crippen LogP contribution in [0, 0.1) is 0 Å². The van der Waals surface area contributed by atoms with Gasteiger partial charge >= 0.3 is 0 Å². The SMILES string of the molecule is CC(C)c1ncncc1C(=O)NCCN1C(=O)c2ccccc2C1=O. The second-order valence-electron chi connectivity index (χ2n) is 6.04. The van der Waals surface area contributed by atoms with Gasteiger partial charge in [-0.15, -0.1) is 0 Å². The third-order valence-corrected chi connectivity index (χ3v) is 4.03. The molecule has 1 N–H and O–H groups in total. The zero-order valence-corrected chi connectivity index (χ0v) is 14.0. The largest absolute Gasteiger partial charge is 0.350 e. The van der Waals surface area contributed by atoms with E-state index in [-0.39, 0.29) is 36.7 Å². The van der Waals surface area contributed by atoms with Crippen LogP contribution in [-0.4, -0.2) is 45.7 Å². The molecule has 2 aromatic rings. The fraction of sp³-hybridized carbons (Fsp3) is 0.278. The van der Waals surface area contributed by atoms with Crippen molar-refractivity contribution in [3.63, 3.8) is 0 Å². The molecule has 1 aliphatic rings. The summed E-state index contributed by atoms with van der Waals surface area (Å²) in [6.45, 7) is 4.16. The van der Waals surface area contributed by atoms with Crippen LogP contribution >= 0.6 is 0 Å². The topological polar surface area (TPSA) is 92.3 Å². The maximum Gasteiger partial charge on any atom is 0.261 e. The highest BCUT2D eigenvalue weighted by Crippen LogP contribution is 2.21. The number of benzene rings is 1. The molecule has 2 heterocycles. The Bertz CT molecular complexity index is 813. The fourth-order valence-electron chi connectivity index (χ4n) is 2.79. The molecule has 0 fully saturated rings. The van der Waals surface area contributed by atoms with E-state index in [2.05, 4.69) is 15.3 Å². The average Bonchev–Trinajstić information content (AvgIpc) is 2.86. The first-order valence-electron chi connectivity index (χ1n) is 8.04. The summed E-state index contributed by atoms with van der Waals surface area (Å²) in [6.07, 6.45) is 2.88. The quantitative estimate of drug-likeness (QED) is 0.837. The maximum absolute atomic E-state index is 12.3. The van der Waals surface area contributed by atoms with Crippen LogP contribution in [0.5, 0.6) is 0 Å². The van der Waals surface area contributed by atoms with E-state index in [0.717, 1.165) is 4.90 Å². The smallest absolute Gasteiger partial charge is 0.261 e. The summed E-state index contributed by atoms with van der Waals surface area (Å²) in [5.74, 6) is -0.901. The lowest BCUT2D eigenvalue weighted by atomic mass is 10.0. The Morgan fingerprint density at radius 1 is 1.16 bits per heavy atom. The van der Waals surface area contributed by atoms with Crippen molar-refractivity contribution in [2.45, 2.75) is 19.8 Å². The van der Waals surface area contributed by atoms with Crippen molar-refractivity contribution in [1.29, 1.82) is 0 Å². The third kappa shape index (κ3) is 3.13. The van der Waals surface area contributed by atoms with Gasteiger partial charge in [-0.25, -0.2) is 9.97 Å². The van der Waals surface area contributed by atoms with E-state index in [1.807, 2.05) is 13.8 Å². The molecule has 25 heavy (non-hydrogen) atoms. The summed E-state index contributed by atoms with van der Waals surface area (Å²) in [5, 5.41) is 2.72. The van der Waals surface area contributed by atoms with Gasteiger partial charge in [0.1, 0.15) is 6.33 Å². The van der Waals surface area contributed by atoms with Gasteiger partial charge in [0.2, 0.25) is 0 Å². The lowest BCUT2D eigenvalue weighted by Gasteiger charge is -2.15. The number of hydrogen-bond donors (Lipinski definition) is 1.